The molecule has 0 radical (unpaired) electrons. The summed E-state index contributed by atoms with van der Waals surface area (Å²) in [7, 11) is 0. The highest BCUT2D eigenvalue weighted by molar-refractivity contribution is 5.80. The summed E-state index contributed by atoms with van der Waals surface area (Å²) in [5, 5.41) is 25.0. The molecule has 10 heteroatoms. The Bertz CT molecular complexity index is 1010. The highest BCUT2D eigenvalue weighted by Gasteiger charge is 2.25. The SMILES string of the molecule is CC(C)c1noc(N2CCC(COc3ccc(C4=CCC(C(=O)NC[C@@H](O)CO)CC4)nc3)CC2)n1. The Kier molecular flexibility index (Phi) is 8.93. The zero-order chi connectivity index (χ0) is 25.5. The summed E-state index contributed by atoms with van der Waals surface area (Å²) < 4.78 is 11.4. The van der Waals surface area contributed by atoms with E-state index in [0.29, 0.717) is 25.0 Å². The third-order valence-electron chi connectivity index (χ3n) is 6.89. The number of nitrogens with one attached hydrogen (secondary N) is 1. The van der Waals surface area contributed by atoms with E-state index in [0.717, 1.165) is 61.6 Å². The van der Waals surface area contributed by atoms with Crippen LogP contribution in [0.3, 0.4) is 0 Å². The molecule has 1 amide bonds. The Morgan fingerprint density at radius 3 is 2.69 bits per heavy atom. The lowest BCUT2D eigenvalue weighted by molar-refractivity contribution is -0.125. The van der Waals surface area contributed by atoms with Crippen LogP contribution in [-0.2, 0) is 4.79 Å². The summed E-state index contributed by atoms with van der Waals surface area (Å²) in [6, 6.07) is 4.55. The van der Waals surface area contributed by atoms with Gasteiger partial charge in [-0.15, -0.1) is 0 Å². The van der Waals surface area contributed by atoms with Crippen molar-refractivity contribution in [1.29, 1.82) is 0 Å². The Labute approximate surface area is 211 Å². The number of carbonyl (C=O) groups is 1. The number of hydrogen-bond acceptors (Lipinski definition) is 9. The number of piperidine rings is 1. The van der Waals surface area contributed by atoms with Crippen LogP contribution in [0.15, 0.2) is 28.9 Å². The van der Waals surface area contributed by atoms with Gasteiger partial charge in [0.25, 0.3) is 0 Å². The summed E-state index contributed by atoms with van der Waals surface area (Å²) in [6.07, 6.45) is 7.07. The van der Waals surface area contributed by atoms with E-state index in [4.69, 9.17) is 14.4 Å². The van der Waals surface area contributed by atoms with Crippen LogP contribution in [0.1, 0.15) is 63.4 Å². The second kappa shape index (κ2) is 12.3. The van der Waals surface area contributed by atoms with E-state index >= 15 is 0 Å². The predicted octanol–water partition coefficient (Wildman–Crippen LogP) is 2.54. The number of ether oxygens (including phenoxy) is 1. The molecule has 196 valence electrons. The van der Waals surface area contributed by atoms with Gasteiger partial charge < -0.3 is 29.7 Å². The van der Waals surface area contributed by atoms with Crippen LogP contribution in [0.4, 0.5) is 6.01 Å². The number of hydrogen-bond donors (Lipinski definition) is 3. The second-order valence-electron chi connectivity index (χ2n) is 9.99. The van der Waals surface area contributed by atoms with Crippen molar-refractivity contribution in [1.82, 2.24) is 20.4 Å². The van der Waals surface area contributed by atoms with Crippen LogP contribution in [0.25, 0.3) is 5.57 Å². The first-order valence-corrected chi connectivity index (χ1v) is 12.9. The van der Waals surface area contributed by atoms with E-state index in [2.05, 4.69) is 45.3 Å². The summed E-state index contributed by atoms with van der Waals surface area (Å²) in [6.45, 7) is 6.22. The summed E-state index contributed by atoms with van der Waals surface area (Å²) in [4.78, 5) is 23.5. The lowest BCUT2D eigenvalue weighted by atomic mass is 9.87. The number of allylic oxidation sites excluding steroid dienone is 2. The summed E-state index contributed by atoms with van der Waals surface area (Å²) in [5.41, 5.74) is 2.04. The van der Waals surface area contributed by atoms with Gasteiger partial charge in [0.2, 0.25) is 5.91 Å². The highest BCUT2D eigenvalue weighted by atomic mass is 16.5. The molecular formula is C26H37N5O5. The fourth-order valence-electron chi connectivity index (χ4n) is 4.48. The number of carbonyl (C=O) groups excluding carboxylic acids is 1. The molecule has 0 bridgehead atoms. The van der Waals surface area contributed by atoms with Crippen LogP contribution >= 0.6 is 0 Å². The fourth-order valence-corrected chi connectivity index (χ4v) is 4.48. The first-order chi connectivity index (χ1) is 17.4. The highest BCUT2D eigenvalue weighted by Crippen LogP contribution is 2.30. The van der Waals surface area contributed by atoms with E-state index in [-0.39, 0.29) is 30.9 Å². The van der Waals surface area contributed by atoms with Gasteiger partial charge in [-0.05, 0) is 55.7 Å². The van der Waals surface area contributed by atoms with Crippen LogP contribution in [0.5, 0.6) is 5.75 Å². The van der Waals surface area contributed by atoms with Gasteiger partial charge in [-0.1, -0.05) is 25.1 Å². The largest absolute Gasteiger partial charge is 0.492 e. The molecule has 4 rings (SSSR count). The van der Waals surface area contributed by atoms with Crippen molar-refractivity contribution < 1.29 is 24.3 Å². The van der Waals surface area contributed by atoms with Crippen molar-refractivity contribution >= 4 is 17.5 Å². The van der Waals surface area contributed by atoms with Gasteiger partial charge in [-0.2, -0.15) is 4.98 Å². The normalized spacial score (nSPS) is 19.8. The molecule has 1 unspecified atom stereocenters. The van der Waals surface area contributed by atoms with E-state index in [9.17, 15) is 9.90 Å². The molecule has 1 aliphatic carbocycles. The predicted molar refractivity (Wildman–Crippen MR) is 134 cm³/mol. The fraction of sp³-hybridized carbons (Fsp3) is 0.615. The lowest BCUT2D eigenvalue weighted by Gasteiger charge is -2.30. The van der Waals surface area contributed by atoms with Crippen molar-refractivity contribution in [2.75, 3.05) is 37.7 Å². The van der Waals surface area contributed by atoms with Crippen LogP contribution in [0, 0.1) is 11.8 Å². The van der Waals surface area contributed by atoms with Gasteiger partial charge in [-0.3, -0.25) is 9.78 Å². The second-order valence-corrected chi connectivity index (χ2v) is 9.99. The molecule has 0 saturated carbocycles. The number of aliphatic hydroxyl groups is 2. The van der Waals surface area contributed by atoms with E-state index in [1.807, 2.05) is 12.1 Å². The van der Waals surface area contributed by atoms with Gasteiger partial charge in [0.05, 0.1) is 31.2 Å². The van der Waals surface area contributed by atoms with Crippen LogP contribution < -0.4 is 15.0 Å². The summed E-state index contributed by atoms with van der Waals surface area (Å²) in [5.74, 6) is 2.02. The number of amides is 1. The zero-order valence-electron chi connectivity index (χ0n) is 21.1. The first kappa shape index (κ1) is 26.1. The Morgan fingerprint density at radius 1 is 1.28 bits per heavy atom. The maximum Gasteiger partial charge on any atom is 0.324 e. The van der Waals surface area contributed by atoms with Gasteiger partial charge >= 0.3 is 6.01 Å². The number of rotatable bonds is 10. The Hall–Kier alpha value is -2.98. The first-order valence-electron chi connectivity index (χ1n) is 12.9. The molecule has 1 fully saturated rings. The van der Waals surface area contributed by atoms with Crippen molar-refractivity contribution in [2.45, 2.75) is 58.0 Å². The maximum atomic E-state index is 12.2. The molecule has 0 spiro atoms. The lowest BCUT2D eigenvalue weighted by Crippen LogP contribution is -2.38. The average molecular weight is 500 g/mol. The van der Waals surface area contributed by atoms with Gasteiger partial charge in [0.15, 0.2) is 5.82 Å². The molecule has 0 aromatic carbocycles. The zero-order valence-corrected chi connectivity index (χ0v) is 21.1. The number of pyridine rings is 1. The third kappa shape index (κ3) is 6.82. The molecule has 2 aliphatic rings. The quantitative estimate of drug-likeness (QED) is 0.451. The van der Waals surface area contributed by atoms with E-state index < -0.39 is 6.10 Å². The number of aliphatic hydroxyl groups excluding tert-OH is 2. The molecule has 10 nitrogen and oxygen atoms in total. The minimum absolute atomic E-state index is 0.0718. The molecule has 3 heterocycles. The van der Waals surface area contributed by atoms with E-state index in [1.54, 1.807) is 6.20 Å². The van der Waals surface area contributed by atoms with Crippen LogP contribution in [-0.4, -0.2) is 70.2 Å². The van der Waals surface area contributed by atoms with E-state index in [1.165, 1.54) is 0 Å². The molecule has 36 heavy (non-hydrogen) atoms. The standard InChI is InChI=1S/C26H37N5O5/c1-17(2)24-29-26(36-30-24)31-11-9-18(10-12-31)16-35-22-7-8-23(27-14-22)19-3-5-20(6-4-19)25(34)28-13-21(33)15-32/h3,7-8,14,17-18,20-21,32-33H,4-6,9-13,15-16H2,1-2H3,(H,28,34)/t20?,21-/m1/s1. The Morgan fingerprint density at radius 2 is 2.08 bits per heavy atom. The van der Waals surface area contributed by atoms with Crippen molar-refractivity contribution in [3.63, 3.8) is 0 Å². The Balaban J connectivity index is 1.20. The number of aromatic nitrogens is 3. The molecule has 2 aromatic rings. The number of nitrogens with zero attached hydrogens (tertiary/aromatic N) is 4. The smallest absolute Gasteiger partial charge is 0.324 e. The van der Waals surface area contributed by atoms with Crippen molar-refractivity contribution in [2.24, 2.45) is 11.8 Å². The average Bonchev–Trinajstić information content (AvgIpc) is 3.42. The molecule has 2 aromatic heterocycles. The molecular weight excluding hydrogens is 462 g/mol. The molecule has 1 saturated heterocycles. The van der Waals surface area contributed by atoms with Gasteiger partial charge in [0, 0.05) is 31.5 Å². The topological polar surface area (TPSA) is 134 Å². The number of anilines is 1. The minimum atomic E-state index is -0.920. The van der Waals surface area contributed by atoms with Crippen molar-refractivity contribution in [3.05, 3.63) is 35.9 Å². The maximum absolute atomic E-state index is 12.2. The van der Waals surface area contributed by atoms with Gasteiger partial charge in [-0.25, -0.2) is 0 Å². The van der Waals surface area contributed by atoms with Gasteiger partial charge in [0.1, 0.15) is 5.75 Å². The third-order valence-corrected chi connectivity index (χ3v) is 6.89. The molecule has 1 aliphatic heterocycles. The monoisotopic (exact) mass is 499 g/mol. The summed E-state index contributed by atoms with van der Waals surface area (Å²) >= 11 is 0. The van der Waals surface area contributed by atoms with Crippen molar-refractivity contribution in [3.8, 4) is 5.75 Å². The van der Waals surface area contributed by atoms with Crippen LogP contribution in [0.2, 0.25) is 0 Å². The minimum Gasteiger partial charge on any atom is -0.492 e. The molecule has 2 atom stereocenters. The molecule has 3 N–H and O–H groups in total.